The monoisotopic (exact) mass is 452 g/mol. The molecule has 2 aromatic rings. The van der Waals surface area contributed by atoms with E-state index in [-0.39, 0.29) is 17.9 Å². The Kier molecular flexibility index (Phi) is 5.82. The quantitative estimate of drug-likeness (QED) is 0.716. The fraction of sp³-hybridized carbons (Fsp3) is 0.440. The lowest BCUT2D eigenvalue weighted by Crippen LogP contribution is -2.45. The van der Waals surface area contributed by atoms with Gasteiger partial charge in [0.2, 0.25) is 0 Å². The lowest BCUT2D eigenvalue weighted by atomic mass is 9.91. The standard InChI is InChI=1S/C25H29ClN4O2/c1-16-23(25(31)28-29-14-18-6-5-7-19(18)15-29)27-30(22-9-4-3-8-21(22)26)24(16)17-10-12-20(32-2)13-11-17/h3-4,8-13,16,18-19,24H,5-7,14-15H2,1-2H3,(H,28,31). The smallest absolute Gasteiger partial charge is 0.282 e. The van der Waals surface area contributed by atoms with Crippen LogP contribution in [0.15, 0.2) is 53.6 Å². The van der Waals surface area contributed by atoms with Crippen molar-refractivity contribution in [1.29, 1.82) is 0 Å². The number of ether oxygens (including phenoxy) is 1. The zero-order chi connectivity index (χ0) is 22.2. The number of hydrazine groups is 1. The number of hydrazone groups is 1. The maximum absolute atomic E-state index is 13.3. The highest BCUT2D eigenvalue weighted by Gasteiger charge is 2.42. The summed E-state index contributed by atoms with van der Waals surface area (Å²) in [4.78, 5) is 13.3. The van der Waals surface area contributed by atoms with Crippen molar-refractivity contribution in [3.8, 4) is 5.75 Å². The van der Waals surface area contributed by atoms with E-state index in [0.717, 1.165) is 30.1 Å². The van der Waals surface area contributed by atoms with Crippen molar-refractivity contribution in [2.24, 2.45) is 22.9 Å². The third-order valence-corrected chi connectivity index (χ3v) is 7.48. The van der Waals surface area contributed by atoms with E-state index in [1.54, 1.807) is 7.11 Å². The van der Waals surface area contributed by atoms with Gasteiger partial charge in [-0.1, -0.05) is 49.2 Å². The Balaban J connectivity index is 1.42. The summed E-state index contributed by atoms with van der Waals surface area (Å²) in [5, 5.41) is 9.40. The summed E-state index contributed by atoms with van der Waals surface area (Å²) in [6, 6.07) is 15.4. The molecule has 1 N–H and O–H groups in total. The summed E-state index contributed by atoms with van der Waals surface area (Å²) in [6.45, 7) is 3.94. The van der Waals surface area contributed by atoms with Crippen molar-refractivity contribution in [3.05, 3.63) is 59.1 Å². The van der Waals surface area contributed by atoms with Crippen molar-refractivity contribution in [3.63, 3.8) is 0 Å². The van der Waals surface area contributed by atoms with E-state index < -0.39 is 0 Å². The van der Waals surface area contributed by atoms with Crippen LogP contribution in [0.4, 0.5) is 5.69 Å². The number of carbonyl (C=O) groups excluding carboxylic acids is 1. The van der Waals surface area contributed by atoms with Gasteiger partial charge in [-0.2, -0.15) is 5.10 Å². The molecular weight excluding hydrogens is 424 g/mol. The molecule has 0 aromatic heterocycles. The number of para-hydroxylation sites is 1. The summed E-state index contributed by atoms with van der Waals surface area (Å²) in [5.41, 5.74) is 5.52. The molecule has 1 aliphatic carbocycles. The Morgan fingerprint density at radius 2 is 1.78 bits per heavy atom. The minimum absolute atomic E-state index is 0.109. The van der Waals surface area contributed by atoms with Gasteiger partial charge in [0, 0.05) is 19.0 Å². The third kappa shape index (κ3) is 3.86. The SMILES string of the molecule is COc1ccc(C2C(C)C(C(=O)NN3CC4CCCC4C3)=NN2c2ccccc2Cl)cc1. The molecule has 0 bridgehead atoms. The summed E-state index contributed by atoms with van der Waals surface area (Å²) < 4.78 is 5.32. The summed E-state index contributed by atoms with van der Waals surface area (Å²) in [6.07, 6.45) is 3.86. The zero-order valence-electron chi connectivity index (χ0n) is 18.5. The number of hydrogen-bond acceptors (Lipinski definition) is 5. The molecule has 5 rings (SSSR count). The van der Waals surface area contributed by atoms with Crippen molar-refractivity contribution >= 4 is 28.9 Å². The van der Waals surface area contributed by atoms with Gasteiger partial charge >= 0.3 is 0 Å². The number of amides is 1. The molecule has 4 atom stereocenters. The van der Waals surface area contributed by atoms with Gasteiger partial charge in [0.1, 0.15) is 11.5 Å². The van der Waals surface area contributed by atoms with Crippen LogP contribution in [0.1, 0.15) is 37.8 Å². The van der Waals surface area contributed by atoms with Crippen molar-refractivity contribution in [1.82, 2.24) is 10.4 Å². The number of halogens is 1. The molecule has 2 fully saturated rings. The first-order valence-electron chi connectivity index (χ1n) is 11.4. The van der Waals surface area contributed by atoms with Crippen LogP contribution in [0.2, 0.25) is 5.02 Å². The average Bonchev–Trinajstić information content (AvgIpc) is 3.48. The Morgan fingerprint density at radius 1 is 1.09 bits per heavy atom. The van der Waals surface area contributed by atoms with Gasteiger partial charge in [-0.15, -0.1) is 0 Å². The number of rotatable bonds is 5. The maximum atomic E-state index is 13.3. The second-order valence-electron chi connectivity index (χ2n) is 9.08. The van der Waals surface area contributed by atoms with E-state index in [9.17, 15) is 4.79 Å². The van der Waals surface area contributed by atoms with Gasteiger partial charge in [-0.3, -0.25) is 15.2 Å². The van der Waals surface area contributed by atoms with Gasteiger partial charge in [0.25, 0.3) is 5.91 Å². The minimum atomic E-state index is -0.139. The van der Waals surface area contributed by atoms with Crippen molar-refractivity contribution in [2.45, 2.75) is 32.2 Å². The zero-order valence-corrected chi connectivity index (χ0v) is 19.3. The molecule has 2 aliphatic heterocycles. The highest BCUT2D eigenvalue weighted by atomic mass is 35.5. The van der Waals surface area contributed by atoms with Crippen LogP contribution in [0.3, 0.4) is 0 Å². The molecule has 1 saturated carbocycles. The Labute approximate surface area is 194 Å². The van der Waals surface area contributed by atoms with Crippen molar-refractivity contribution < 1.29 is 9.53 Å². The first-order chi connectivity index (χ1) is 15.5. The van der Waals surface area contributed by atoms with Crippen LogP contribution in [0, 0.1) is 17.8 Å². The molecule has 7 heteroatoms. The van der Waals surface area contributed by atoms with Crippen LogP contribution < -0.4 is 15.2 Å². The number of methoxy groups -OCH3 is 1. The Bertz CT molecular complexity index is 1010. The topological polar surface area (TPSA) is 57.2 Å². The fourth-order valence-corrected chi connectivity index (χ4v) is 5.70. The van der Waals surface area contributed by atoms with Crippen LogP contribution in [0.25, 0.3) is 0 Å². The molecular formula is C25H29ClN4O2. The average molecular weight is 453 g/mol. The second kappa shape index (κ2) is 8.75. The number of anilines is 1. The van der Waals surface area contributed by atoms with Crippen molar-refractivity contribution in [2.75, 3.05) is 25.2 Å². The number of benzene rings is 2. The Morgan fingerprint density at radius 3 is 2.44 bits per heavy atom. The van der Waals surface area contributed by atoms with Crippen LogP contribution in [-0.4, -0.2) is 36.8 Å². The molecule has 2 heterocycles. The normalized spacial score (nSPS) is 27.3. The fourth-order valence-electron chi connectivity index (χ4n) is 5.48. The molecule has 32 heavy (non-hydrogen) atoms. The molecule has 1 amide bonds. The molecule has 2 aromatic carbocycles. The molecule has 3 aliphatic rings. The number of nitrogens with one attached hydrogen (secondary N) is 1. The van der Waals surface area contributed by atoms with Gasteiger partial charge in [-0.05, 0) is 54.5 Å². The lowest BCUT2D eigenvalue weighted by molar-refractivity contribution is -0.119. The molecule has 1 saturated heterocycles. The highest BCUT2D eigenvalue weighted by Crippen LogP contribution is 2.42. The summed E-state index contributed by atoms with van der Waals surface area (Å²) >= 11 is 6.53. The van der Waals surface area contributed by atoms with E-state index in [0.29, 0.717) is 22.6 Å². The molecule has 6 nitrogen and oxygen atoms in total. The number of hydrogen-bond donors (Lipinski definition) is 1. The predicted octanol–water partition coefficient (Wildman–Crippen LogP) is 4.67. The van der Waals surface area contributed by atoms with E-state index in [1.165, 1.54) is 19.3 Å². The van der Waals surface area contributed by atoms with Gasteiger partial charge in [0.15, 0.2) is 0 Å². The third-order valence-electron chi connectivity index (χ3n) is 7.16. The van der Waals surface area contributed by atoms with Crippen LogP contribution in [-0.2, 0) is 4.79 Å². The number of carbonyl (C=O) groups is 1. The maximum Gasteiger partial charge on any atom is 0.282 e. The largest absolute Gasteiger partial charge is 0.497 e. The van der Waals surface area contributed by atoms with Gasteiger partial charge in [-0.25, -0.2) is 5.01 Å². The molecule has 0 spiro atoms. The lowest BCUT2D eigenvalue weighted by Gasteiger charge is -2.27. The van der Waals surface area contributed by atoms with E-state index in [1.807, 2.05) is 53.5 Å². The van der Waals surface area contributed by atoms with E-state index in [2.05, 4.69) is 17.4 Å². The molecule has 4 unspecified atom stereocenters. The number of nitrogens with zero attached hydrogens (tertiary/aromatic N) is 3. The first kappa shape index (κ1) is 21.3. The van der Waals surface area contributed by atoms with Gasteiger partial charge in [0.05, 0.1) is 23.9 Å². The summed E-state index contributed by atoms with van der Waals surface area (Å²) in [5.74, 6) is 1.99. The predicted molar refractivity (Wildman–Crippen MR) is 127 cm³/mol. The van der Waals surface area contributed by atoms with Gasteiger partial charge < -0.3 is 4.74 Å². The van der Waals surface area contributed by atoms with E-state index in [4.69, 9.17) is 21.4 Å². The molecule has 168 valence electrons. The second-order valence-corrected chi connectivity index (χ2v) is 9.49. The van der Waals surface area contributed by atoms with E-state index >= 15 is 0 Å². The minimum Gasteiger partial charge on any atom is -0.497 e. The highest BCUT2D eigenvalue weighted by molar-refractivity contribution is 6.40. The molecule has 0 radical (unpaired) electrons. The first-order valence-corrected chi connectivity index (χ1v) is 11.7. The van der Waals surface area contributed by atoms with Crippen LogP contribution >= 0.6 is 11.6 Å². The number of fused-ring (bicyclic) bond motifs is 1. The van der Waals surface area contributed by atoms with Crippen LogP contribution in [0.5, 0.6) is 5.75 Å². The summed E-state index contributed by atoms with van der Waals surface area (Å²) in [7, 11) is 1.65. The Hall–Kier alpha value is -2.57.